The van der Waals surface area contributed by atoms with Crippen molar-refractivity contribution in [2.45, 2.75) is 13.8 Å². The molecule has 6 heteroatoms. The summed E-state index contributed by atoms with van der Waals surface area (Å²) in [5.74, 6) is 0.0783. The molecule has 1 aromatic heterocycles. The lowest BCUT2D eigenvalue weighted by atomic mass is 10.0. The first-order valence-electron chi connectivity index (χ1n) is 10.0. The SMILES string of the molecule is Cc1ccc2c(c1)C=NCN2c1c(C)ccc2c(Nc3cccc(Cl)c3F)nccc12. The third-order valence-electron chi connectivity index (χ3n) is 5.52. The van der Waals surface area contributed by atoms with Crippen LogP contribution in [-0.2, 0) is 0 Å². The predicted molar refractivity (Wildman–Crippen MR) is 127 cm³/mol. The summed E-state index contributed by atoms with van der Waals surface area (Å²) in [7, 11) is 0. The van der Waals surface area contributed by atoms with Gasteiger partial charge in [-0.1, -0.05) is 41.4 Å². The maximum atomic E-state index is 14.5. The molecular formula is C25H20ClFN4. The maximum Gasteiger partial charge on any atom is 0.165 e. The molecule has 0 spiro atoms. The van der Waals surface area contributed by atoms with Gasteiger partial charge < -0.3 is 10.2 Å². The number of aryl methyl sites for hydroxylation is 2. The molecule has 154 valence electrons. The number of hydrogen-bond acceptors (Lipinski definition) is 4. The van der Waals surface area contributed by atoms with E-state index in [0.29, 0.717) is 12.5 Å². The van der Waals surface area contributed by atoms with E-state index in [2.05, 4.69) is 58.3 Å². The number of nitrogens with zero attached hydrogens (tertiary/aromatic N) is 3. The first kappa shape index (κ1) is 19.5. The predicted octanol–water partition coefficient (Wildman–Crippen LogP) is 6.92. The van der Waals surface area contributed by atoms with Gasteiger partial charge in [0, 0.05) is 28.7 Å². The normalized spacial score (nSPS) is 12.8. The first-order valence-corrected chi connectivity index (χ1v) is 10.4. The summed E-state index contributed by atoms with van der Waals surface area (Å²) in [5, 5.41) is 5.09. The van der Waals surface area contributed by atoms with E-state index in [0.717, 1.165) is 33.3 Å². The molecule has 0 fully saturated rings. The molecule has 4 aromatic rings. The Morgan fingerprint density at radius 3 is 2.77 bits per heavy atom. The van der Waals surface area contributed by atoms with Crippen LogP contribution in [-0.4, -0.2) is 17.9 Å². The highest BCUT2D eigenvalue weighted by molar-refractivity contribution is 6.31. The van der Waals surface area contributed by atoms with E-state index in [1.54, 1.807) is 18.3 Å². The van der Waals surface area contributed by atoms with Crippen molar-refractivity contribution >= 4 is 51.5 Å². The molecule has 1 N–H and O–H groups in total. The van der Waals surface area contributed by atoms with Crippen molar-refractivity contribution in [3.63, 3.8) is 0 Å². The fraction of sp³-hybridized carbons (Fsp3) is 0.120. The van der Waals surface area contributed by atoms with Gasteiger partial charge in [0.1, 0.15) is 12.5 Å². The van der Waals surface area contributed by atoms with Crippen LogP contribution >= 0.6 is 11.6 Å². The Morgan fingerprint density at radius 2 is 1.90 bits per heavy atom. The minimum absolute atomic E-state index is 0.0693. The van der Waals surface area contributed by atoms with E-state index >= 15 is 0 Å². The van der Waals surface area contributed by atoms with Gasteiger partial charge in [-0.2, -0.15) is 0 Å². The number of nitrogens with one attached hydrogen (secondary N) is 1. The molecule has 0 atom stereocenters. The van der Waals surface area contributed by atoms with Gasteiger partial charge in [0.15, 0.2) is 5.82 Å². The second-order valence-electron chi connectivity index (χ2n) is 7.66. The van der Waals surface area contributed by atoms with E-state index < -0.39 is 5.82 Å². The summed E-state index contributed by atoms with van der Waals surface area (Å²) in [6.45, 7) is 4.70. The lowest BCUT2D eigenvalue weighted by molar-refractivity contribution is 0.632. The second-order valence-corrected chi connectivity index (χ2v) is 8.06. The van der Waals surface area contributed by atoms with Crippen LogP contribution in [0, 0.1) is 19.7 Å². The van der Waals surface area contributed by atoms with Crippen molar-refractivity contribution in [2.24, 2.45) is 4.99 Å². The zero-order valence-corrected chi connectivity index (χ0v) is 17.9. The molecule has 1 aliphatic rings. The highest BCUT2D eigenvalue weighted by Crippen LogP contribution is 2.40. The van der Waals surface area contributed by atoms with E-state index in [4.69, 9.17) is 11.6 Å². The van der Waals surface area contributed by atoms with Crippen LogP contribution in [0.3, 0.4) is 0 Å². The van der Waals surface area contributed by atoms with Gasteiger partial charge in [0.05, 0.1) is 22.1 Å². The fourth-order valence-corrected chi connectivity index (χ4v) is 4.22. The third-order valence-corrected chi connectivity index (χ3v) is 5.81. The molecule has 0 saturated heterocycles. The number of halogens is 2. The van der Waals surface area contributed by atoms with Gasteiger partial charge in [0.25, 0.3) is 0 Å². The molecule has 5 rings (SSSR count). The van der Waals surface area contributed by atoms with Crippen LogP contribution < -0.4 is 10.2 Å². The second kappa shape index (κ2) is 7.67. The summed E-state index contributed by atoms with van der Waals surface area (Å²) in [4.78, 5) is 11.3. The quantitative estimate of drug-likeness (QED) is 0.383. The van der Waals surface area contributed by atoms with Crippen LogP contribution in [0.5, 0.6) is 0 Å². The minimum Gasteiger partial charge on any atom is -0.337 e. The van der Waals surface area contributed by atoms with Gasteiger partial charge >= 0.3 is 0 Å². The molecule has 0 unspecified atom stereocenters. The van der Waals surface area contributed by atoms with E-state index in [1.807, 2.05) is 18.3 Å². The summed E-state index contributed by atoms with van der Waals surface area (Å²) < 4.78 is 14.5. The summed E-state index contributed by atoms with van der Waals surface area (Å²) in [5.41, 5.74) is 5.89. The monoisotopic (exact) mass is 430 g/mol. The number of benzene rings is 3. The molecule has 0 amide bonds. The Hall–Kier alpha value is -3.44. The number of pyridine rings is 1. The maximum absolute atomic E-state index is 14.5. The highest BCUT2D eigenvalue weighted by Gasteiger charge is 2.21. The third kappa shape index (κ3) is 3.41. The molecular weight excluding hydrogens is 411 g/mol. The molecule has 0 aliphatic carbocycles. The summed E-state index contributed by atoms with van der Waals surface area (Å²) in [6, 6.07) is 17.3. The Kier molecular flexibility index (Phi) is 4.83. The molecule has 31 heavy (non-hydrogen) atoms. The van der Waals surface area contributed by atoms with E-state index in [9.17, 15) is 4.39 Å². The van der Waals surface area contributed by atoms with E-state index in [-0.39, 0.29) is 10.7 Å². The Bertz CT molecular complexity index is 1350. The van der Waals surface area contributed by atoms with Crippen LogP contribution in [0.4, 0.5) is 27.3 Å². The van der Waals surface area contributed by atoms with Crippen LogP contribution in [0.1, 0.15) is 16.7 Å². The topological polar surface area (TPSA) is 40.5 Å². The first-order chi connectivity index (χ1) is 15.0. The van der Waals surface area contributed by atoms with Gasteiger partial charge in [-0.15, -0.1) is 0 Å². The Morgan fingerprint density at radius 1 is 1.03 bits per heavy atom. The van der Waals surface area contributed by atoms with Crippen molar-refractivity contribution in [1.82, 2.24) is 4.98 Å². The van der Waals surface area contributed by atoms with Gasteiger partial charge in [-0.3, -0.25) is 4.99 Å². The summed E-state index contributed by atoms with van der Waals surface area (Å²) >= 11 is 5.95. The van der Waals surface area contributed by atoms with Crippen LogP contribution in [0.25, 0.3) is 10.8 Å². The average molecular weight is 431 g/mol. The number of anilines is 4. The average Bonchev–Trinajstić information content (AvgIpc) is 2.76. The van der Waals surface area contributed by atoms with Crippen molar-refractivity contribution < 1.29 is 4.39 Å². The number of aromatic nitrogens is 1. The number of hydrogen-bond donors (Lipinski definition) is 1. The standard InChI is InChI=1S/C25H20ClFN4/c1-15-6-9-22-17(12-15)13-28-14-31(22)24-16(2)7-8-19-18(24)10-11-29-25(19)30-21-5-3-4-20(26)23(21)27/h3-13H,14H2,1-2H3,(H,29,30). The van der Waals surface area contributed by atoms with Crippen LogP contribution in [0.2, 0.25) is 5.02 Å². The van der Waals surface area contributed by atoms with E-state index in [1.165, 1.54) is 11.6 Å². The zero-order chi connectivity index (χ0) is 21.5. The van der Waals surface area contributed by atoms with Gasteiger partial charge in [-0.25, -0.2) is 9.37 Å². The Balaban J connectivity index is 1.66. The molecule has 2 heterocycles. The number of fused-ring (bicyclic) bond motifs is 2. The lowest BCUT2D eigenvalue weighted by Crippen LogP contribution is -2.23. The lowest BCUT2D eigenvalue weighted by Gasteiger charge is -2.30. The molecule has 0 bridgehead atoms. The zero-order valence-electron chi connectivity index (χ0n) is 17.2. The van der Waals surface area contributed by atoms with Crippen molar-refractivity contribution in [1.29, 1.82) is 0 Å². The fourth-order valence-electron chi connectivity index (χ4n) is 4.05. The largest absolute Gasteiger partial charge is 0.337 e. The highest BCUT2D eigenvalue weighted by atomic mass is 35.5. The Labute approximate surface area is 185 Å². The number of rotatable bonds is 3. The molecule has 0 radical (unpaired) electrons. The smallest absolute Gasteiger partial charge is 0.165 e. The van der Waals surface area contributed by atoms with Crippen LogP contribution in [0.15, 0.2) is 65.8 Å². The van der Waals surface area contributed by atoms with Gasteiger partial charge in [0.2, 0.25) is 0 Å². The summed E-state index contributed by atoms with van der Waals surface area (Å²) in [6.07, 6.45) is 3.66. The van der Waals surface area contributed by atoms with Crippen molar-refractivity contribution in [3.8, 4) is 0 Å². The molecule has 3 aromatic carbocycles. The molecule has 4 nitrogen and oxygen atoms in total. The molecule has 0 saturated carbocycles. The van der Waals surface area contributed by atoms with Gasteiger partial charge in [-0.05, 0) is 49.7 Å². The van der Waals surface area contributed by atoms with Crippen molar-refractivity contribution in [2.75, 3.05) is 16.9 Å². The molecule has 1 aliphatic heterocycles. The van der Waals surface area contributed by atoms with Crippen molar-refractivity contribution in [3.05, 3.63) is 88.3 Å². The number of aliphatic imine (C=N–C) groups is 1. The minimum atomic E-state index is -0.495.